The smallest absolute Gasteiger partial charge is 0.407 e. The summed E-state index contributed by atoms with van der Waals surface area (Å²) in [6.07, 6.45) is 9.80. The molecular weight excluding hydrogens is 442 g/mol. The normalized spacial score (nSPS) is 16.4. The van der Waals surface area contributed by atoms with Crippen LogP contribution in [0.3, 0.4) is 0 Å². The topological polar surface area (TPSA) is 96.5 Å². The zero-order chi connectivity index (χ0) is 24.8. The molecule has 35 heavy (non-hydrogen) atoms. The number of aromatic nitrogens is 2. The summed E-state index contributed by atoms with van der Waals surface area (Å²) in [5, 5.41) is 5.65. The van der Waals surface area contributed by atoms with Crippen LogP contribution < -0.4 is 15.5 Å². The van der Waals surface area contributed by atoms with Crippen LogP contribution in [0.15, 0.2) is 36.7 Å². The quantitative estimate of drug-likeness (QED) is 0.533. The fourth-order valence-electron chi connectivity index (χ4n) is 4.42. The van der Waals surface area contributed by atoms with Crippen molar-refractivity contribution in [3.05, 3.63) is 47.9 Å². The largest absolute Gasteiger partial charge is 0.444 e. The highest BCUT2D eigenvalue weighted by Crippen LogP contribution is 2.34. The zero-order valence-corrected chi connectivity index (χ0v) is 21.0. The maximum atomic E-state index is 12.9. The van der Waals surface area contributed by atoms with Crippen molar-refractivity contribution < 1.29 is 14.3 Å². The fraction of sp³-hybridized carbons (Fsp3) is 0.556. The number of rotatable bonds is 8. The highest BCUT2D eigenvalue weighted by Gasteiger charge is 2.30. The van der Waals surface area contributed by atoms with E-state index in [1.54, 1.807) is 0 Å². The van der Waals surface area contributed by atoms with Crippen LogP contribution in [0.5, 0.6) is 0 Å². The third-order valence-corrected chi connectivity index (χ3v) is 6.39. The van der Waals surface area contributed by atoms with Crippen molar-refractivity contribution in [2.45, 2.75) is 83.9 Å². The van der Waals surface area contributed by atoms with Gasteiger partial charge in [-0.1, -0.05) is 31.4 Å². The Hall–Kier alpha value is -3.16. The van der Waals surface area contributed by atoms with Crippen molar-refractivity contribution in [2.24, 2.45) is 5.92 Å². The SMILES string of the molecule is CC(C)(C)OC(=O)NCc1ccc(NC(=O)c2cc(N(CC3CC3)C3CCCCC3)ncn2)cc1. The number of carbonyl (C=O) groups excluding carboxylic acids is 2. The average Bonchev–Trinajstić information content (AvgIpc) is 3.66. The number of anilines is 2. The van der Waals surface area contributed by atoms with Gasteiger partial charge in [0, 0.05) is 30.9 Å². The lowest BCUT2D eigenvalue weighted by Gasteiger charge is -2.35. The maximum Gasteiger partial charge on any atom is 0.407 e. The van der Waals surface area contributed by atoms with E-state index in [0.29, 0.717) is 24.0 Å². The highest BCUT2D eigenvalue weighted by atomic mass is 16.6. The lowest BCUT2D eigenvalue weighted by atomic mass is 9.94. The lowest BCUT2D eigenvalue weighted by molar-refractivity contribution is 0.0523. The van der Waals surface area contributed by atoms with Gasteiger partial charge < -0.3 is 20.3 Å². The van der Waals surface area contributed by atoms with Crippen molar-refractivity contribution in [3.8, 4) is 0 Å². The van der Waals surface area contributed by atoms with Gasteiger partial charge in [-0.25, -0.2) is 14.8 Å². The molecule has 0 aliphatic heterocycles. The van der Waals surface area contributed by atoms with Gasteiger partial charge in [0.1, 0.15) is 23.4 Å². The molecule has 188 valence electrons. The molecule has 2 aromatic rings. The Kier molecular flexibility index (Phi) is 7.88. The van der Waals surface area contributed by atoms with Crippen molar-refractivity contribution in [1.82, 2.24) is 15.3 Å². The molecule has 2 fully saturated rings. The highest BCUT2D eigenvalue weighted by molar-refractivity contribution is 6.03. The van der Waals surface area contributed by atoms with E-state index in [1.807, 2.05) is 51.1 Å². The first-order valence-corrected chi connectivity index (χ1v) is 12.7. The molecule has 0 atom stereocenters. The number of benzene rings is 1. The summed E-state index contributed by atoms with van der Waals surface area (Å²) in [7, 11) is 0. The van der Waals surface area contributed by atoms with E-state index in [0.717, 1.165) is 23.8 Å². The molecule has 8 nitrogen and oxygen atoms in total. The molecule has 0 spiro atoms. The van der Waals surface area contributed by atoms with Gasteiger partial charge in [-0.2, -0.15) is 0 Å². The van der Waals surface area contributed by atoms with E-state index in [1.165, 1.54) is 51.3 Å². The van der Waals surface area contributed by atoms with Gasteiger partial charge in [0.15, 0.2) is 0 Å². The summed E-state index contributed by atoms with van der Waals surface area (Å²) < 4.78 is 5.25. The summed E-state index contributed by atoms with van der Waals surface area (Å²) in [5.74, 6) is 1.34. The van der Waals surface area contributed by atoms with Gasteiger partial charge >= 0.3 is 6.09 Å². The Bertz CT molecular complexity index is 1010. The van der Waals surface area contributed by atoms with Gasteiger partial charge in [0.25, 0.3) is 5.91 Å². The molecule has 0 bridgehead atoms. The first kappa shape index (κ1) is 24.9. The van der Waals surface area contributed by atoms with Gasteiger partial charge in [-0.15, -0.1) is 0 Å². The first-order chi connectivity index (χ1) is 16.8. The second kappa shape index (κ2) is 11.1. The van der Waals surface area contributed by atoms with Crippen LogP contribution in [0.1, 0.15) is 81.8 Å². The minimum Gasteiger partial charge on any atom is -0.444 e. The number of hydrogen-bond acceptors (Lipinski definition) is 6. The van der Waals surface area contributed by atoms with E-state index < -0.39 is 11.7 Å². The van der Waals surface area contributed by atoms with Crippen molar-refractivity contribution >= 4 is 23.5 Å². The van der Waals surface area contributed by atoms with E-state index in [9.17, 15) is 9.59 Å². The molecule has 0 saturated heterocycles. The molecule has 8 heteroatoms. The minimum absolute atomic E-state index is 0.261. The number of carbonyl (C=O) groups is 2. The van der Waals surface area contributed by atoms with Crippen LogP contribution in [0.4, 0.5) is 16.3 Å². The van der Waals surface area contributed by atoms with E-state index in [4.69, 9.17) is 4.74 Å². The predicted octanol–water partition coefficient (Wildman–Crippen LogP) is 5.30. The van der Waals surface area contributed by atoms with E-state index in [2.05, 4.69) is 25.5 Å². The Morgan fingerprint density at radius 2 is 1.74 bits per heavy atom. The molecule has 2 saturated carbocycles. The molecule has 2 amide bonds. The number of hydrogen-bond donors (Lipinski definition) is 2. The Morgan fingerprint density at radius 3 is 2.40 bits per heavy atom. The third-order valence-electron chi connectivity index (χ3n) is 6.39. The summed E-state index contributed by atoms with van der Waals surface area (Å²) in [4.78, 5) is 36.0. The predicted molar refractivity (Wildman–Crippen MR) is 136 cm³/mol. The molecule has 2 N–H and O–H groups in total. The zero-order valence-electron chi connectivity index (χ0n) is 21.0. The number of nitrogens with zero attached hydrogens (tertiary/aromatic N) is 3. The van der Waals surface area contributed by atoms with Gasteiger partial charge in [0.05, 0.1) is 0 Å². The van der Waals surface area contributed by atoms with Crippen LogP contribution in [-0.2, 0) is 11.3 Å². The molecule has 1 aromatic carbocycles. The molecule has 1 heterocycles. The van der Waals surface area contributed by atoms with Gasteiger partial charge in [-0.3, -0.25) is 4.79 Å². The lowest BCUT2D eigenvalue weighted by Crippen LogP contribution is -2.39. The molecular formula is C27H37N5O3. The summed E-state index contributed by atoms with van der Waals surface area (Å²) in [6.45, 7) is 6.83. The standard InChI is InChI=1S/C27H37N5O3/c1-27(2,3)35-26(34)28-16-19-11-13-21(14-12-19)31-25(33)23-15-24(30-18-29-23)32(17-20-9-10-20)22-7-5-4-6-8-22/h11-15,18,20,22H,4-10,16-17H2,1-3H3,(H,28,34)(H,31,33). The van der Waals surface area contributed by atoms with Crippen LogP contribution in [0, 0.1) is 5.92 Å². The fourth-order valence-corrected chi connectivity index (χ4v) is 4.42. The second-order valence-corrected chi connectivity index (χ2v) is 10.7. The van der Waals surface area contributed by atoms with Gasteiger partial charge in [-0.05, 0) is 70.1 Å². The molecule has 4 rings (SSSR count). The molecule has 0 unspecified atom stereocenters. The Morgan fingerprint density at radius 1 is 1.03 bits per heavy atom. The summed E-state index contributed by atoms with van der Waals surface area (Å²) in [5.41, 5.74) is 1.40. The van der Waals surface area contributed by atoms with Crippen molar-refractivity contribution in [2.75, 3.05) is 16.8 Å². The Balaban J connectivity index is 1.36. The summed E-state index contributed by atoms with van der Waals surface area (Å²) in [6, 6.07) is 9.67. The van der Waals surface area contributed by atoms with E-state index in [-0.39, 0.29) is 5.91 Å². The number of amides is 2. The minimum atomic E-state index is -0.537. The van der Waals surface area contributed by atoms with Crippen molar-refractivity contribution in [1.29, 1.82) is 0 Å². The van der Waals surface area contributed by atoms with E-state index >= 15 is 0 Å². The molecule has 2 aliphatic carbocycles. The molecule has 1 aromatic heterocycles. The number of ether oxygens (including phenoxy) is 1. The van der Waals surface area contributed by atoms with Crippen LogP contribution >= 0.6 is 0 Å². The number of alkyl carbamates (subject to hydrolysis) is 1. The van der Waals surface area contributed by atoms with Crippen LogP contribution in [0.2, 0.25) is 0 Å². The summed E-state index contributed by atoms with van der Waals surface area (Å²) >= 11 is 0. The first-order valence-electron chi connectivity index (χ1n) is 12.7. The average molecular weight is 480 g/mol. The van der Waals surface area contributed by atoms with Crippen molar-refractivity contribution in [3.63, 3.8) is 0 Å². The molecule has 2 aliphatic rings. The van der Waals surface area contributed by atoms with Crippen LogP contribution in [0.25, 0.3) is 0 Å². The third kappa shape index (κ3) is 7.67. The monoisotopic (exact) mass is 479 g/mol. The Labute approximate surface area is 207 Å². The maximum absolute atomic E-state index is 12.9. The van der Waals surface area contributed by atoms with Crippen LogP contribution in [-0.4, -0.2) is 40.2 Å². The van der Waals surface area contributed by atoms with Gasteiger partial charge in [0.2, 0.25) is 0 Å². The molecule has 0 radical (unpaired) electrons. The second-order valence-electron chi connectivity index (χ2n) is 10.7. The number of nitrogens with one attached hydrogen (secondary N) is 2.